The van der Waals surface area contributed by atoms with Crippen LogP contribution >= 0.6 is 11.8 Å². The Morgan fingerprint density at radius 2 is 2.15 bits per heavy atom. The van der Waals surface area contributed by atoms with E-state index < -0.39 is 0 Å². The monoisotopic (exact) mass is 373 g/mol. The van der Waals surface area contributed by atoms with Crippen molar-refractivity contribution in [3.05, 3.63) is 29.8 Å². The number of aromatic nitrogens is 3. The lowest BCUT2D eigenvalue weighted by molar-refractivity contribution is -0.119. The summed E-state index contributed by atoms with van der Waals surface area (Å²) in [5, 5.41) is 12.3. The Kier molecular flexibility index (Phi) is 5.12. The second-order valence-electron chi connectivity index (χ2n) is 6.65. The zero-order valence-corrected chi connectivity index (χ0v) is 15.7. The van der Waals surface area contributed by atoms with Crippen molar-refractivity contribution in [3.63, 3.8) is 0 Å². The Morgan fingerprint density at radius 3 is 2.92 bits per heavy atom. The highest BCUT2D eigenvalue weighted by atomic mass is 32.2. The van der Waals surface area contributed by atoms with Crippen molar-refractivity contribution in [3.8, 4) is 0 Å². The van der Waals surface area contributed by atoms with Crippen molar-refractivity contribution < 1.29 is 9.53 Å². The molecule has 1 saturated heterocycles. The second-order valence-corrected chi connectivity index (χ2v) is 7.59. The maximum Gasteiger partial charge on any atom is 0.232 e. The number of benzene rings is 1. The van der Waals surface area contributed by atoms with Gasteiger partial charge in [0.05, 0.1) is 11.9 Å². The topological polar surface area (TPSA) is 72.3 Å². The molecule has 1 fully saturated rings. The van der Waals surface area contributed by atoms with Gasteiger partial charge >= 0.3 is 0 Å². The molecule has 138 valence electrons. The van der Waals surface area contributed by atoms with E-state index in [0.717, 1.165) is 49.3 Å². The predicted molar refractivity (Wildman–Crippen MR) is 101 cm³/mol. The number of hydrogen-bond donors (Lipinski definition) is 1. The fourth-order valence-electron chi connectivity index (χ4n) is 3.27. The third-order valence-corrected chi connectivity index (χ3v) is 5.68. The number of aryl methyl sites for hydroxylation is 1. The van der Waals surface area contributed by atoms with Crippen molar-refractivity contribution in [2.45, 2.75) is 37.6 Å². The van der Waals surface area contributed by atoms with Crippen molar-refractivity contribution in [1.82, 2.24) is 20.1 Å². The summed E-state index contributed by atoms with van der Waals surface area (Å²) < 4.78 is 7.60. The van der Waals surface area contributed by atoms with E-state index in [2.05, 4.69) is 56.2 Å². The molecule has 8 heteroatoms. The van der Waals surface area contributed by atoms with Gasteiger partial charge in [0.2, 0.25) is 11.9 Å². The van der Waals surface area contributed by atoms with Crippen molar-refractivity contribution in [2.75, 3.05) is 30.3 Å². The minimum atomic E-state index is 0.0104. The molecule has 0 radical (unpaired) electrons. The number of rotatable bonds is 6. The predicted octanol–water partition coefficient (Wildman–Crippen LogP) is 2.13. The molecule has 1 aromatic heterocycles. The molecule has 0 spiro atoms. The number of fused-ring (bicyclic) bond motifs is 1. The number of thioether (sulfide) groups is 1. The summed E-state index contributed by atoms with van der Waals surface area (Å²) in [5.41, 5.74) is 2.35. The molecule has 0 aliphatic carbocycles. The minimum absolute atomic E-state index is 0.0104. The fraction of sp³-hybridized carbons (Fsp3) is 0.500. The van der Waals surface area contributed by atoms with Crippen LogP contribution in [0, 0.1) is 6.92 Å². The van der Waals surface area contributed by atoms with Gasteiger partial charge in [0, 0.05) is 31.9 Å². The van der Waals surface area contributed by atoms with Crippen LogP contribution in [0.1, 0.15) is 18.4 Å². The average molecular weight is 373 g/mol. The molecule has 26 heavy (non-hydrogen) atoms. The van der Waals surface area contributed by atoms with E-state index in [1.807, 2.05) is 0 Å². The summed E-state index contributed by atoms with van der Waals surface area (Å²) in [6.07, 6.45) is 2.28. The van der Waals surface area contributed by atoms with Gasteiger partial charge in [-0.25, -0.2) is 0 Å². The van der Waals surface area contributed by atoms with Crippen LogP contribution in [0.15, 0.2) is 29.4 Å². The van der Waals surface area contributed by atoms with Crippen molar-refractivity contribution in [1.29, 1.82) is 0 Å². The van der Waals surface area contributed by atoms with Crippen LogP contribution in [0.3, 0.4) is 0 Å². The Balaban J connectivity index is 1.34. The SMILES string of the molecule is Cc1ccc(N2CCn3c(SCC(=O)NC[C@@H]4CCCO4)nnc32)cc1. The molecule has 1 atom stereocenters. The van der Waals surface area contributed by atoms with Crippen LogP contribution in [-0.2, 0) is 16.1 Å². The Labute approximate surface area is 157 Å². The normalized spacial score (nSPS) is 19.0. The first-order valence-electron chi connectivity index (χ1n) is 8.99. The van der Waals surface area contributed by atoms with E-state index >= 15 is 0 Å². The van der Waals surface area contributed by atoms with Gasteiger partial charge in [0.1, 0.15) is 0 Å². The quantitative estimate of drug-likeness (QED) is 0.782. The number of ether oxygens (including phenoxy) is 1. The van der Waals surface area contributed by atoms with Crippen molar-refractivity contribution in [2.24, 2.45) is 0 Å². The van der Waals surface area contributed by atoms with Crippen molar-refractivity contribution >= 4 is 29.3 Å². The molecule has 3 heterocycles. The van der Waals surface area contributed by atoms with Crippen LogP contribution in [0.5, 0.6) is 0 Å². The first kappa shape index (κ1) is 17.4. The largest absolute Gasteiger partial charge is 0.376 e. The maximum absolute atomic E-state index is 12.1. The number of anilines is 2. The lowest BCUT2D eigenvalue weighted by atomic mass is 10.2. The van der Waals surface area contributed by atoms with Gasteiger partial charge in [0.25, 0.3) is 0 Å². The summed E-state index contributed by atoms with van der Waals surface area (Å²) in [4.78, 5) is 14.2. The first-order valence-corrected chi connectivity index (χ1v) is 9.98. The highest BCUT2D eigenvalue weighted by Gasteiger charge is 2.26. The van der Waals surface area contributed by atoms with E-state index in [9.17, 15) is 4.79 Å². The van der Waals surface area contributed by atoms with Gasteiger partial charge in [-0.3, -0.25) is 9.36 Å². The molecule has 0 bridgehead atoms. The minimum Gasteiger partial charge on any atom is -0.376 e. The van der Waals surface area contributed by atoms with Gasteiger partial charge in [0.15, 0.2) is 5.16 Å². The maximum atomic E-state index is 12.1. The molecule has 7 nitrogen and oxygen atoms in total. The van der Waals surface area contributed by atoms with Gasteiger partial charge in [-0.05, 0) is 31.9 Å². The molecule has 0 unspecified atom stereocenters. The van der Waals surface area contributed by atoms with E-state index in [1.54, 1.807) is 0 Å². The molecule has 2 aliphatic rings. The molecule has 4 rings (SSSR count). The number of hydrogen-bond acceptors (Lipinski definition) is 6. The Morgan fingerprint density at radius 1 is 1.31 bits per heavy atom. The molecular weight excluding hydrogens is 350 g/mol. The van der Waals surface area contributed by atoms with Crippen LogP contribution < -0.4 is 10.2 Å². The molecule has 1 amide bonds. The summed E-state index contributed by atoms with van der Waals surface area (Å²) in [7, 11) is 0. The zero-order chi connectivity index (χ0) is 17.9. The third-order valence-electron chi connectivity index (χ3n) is 4.71. The lowest BCUT2D eigenvalue weighted by Crippen LogP contribution is -2.32. The van der Waals surface area contributed by atoms with Crippen LogP contribution in [0.4, 0.5) is 11.6 Å². The molecule has 1 aromatic carbocycles. The average Bonchev–Trinajstić information content (AvgIpc) is 3.37. The fourth-order valence-corrected chi connectivity index (χ4v) is 4.06. The van der Waals surface area contributed by atoms with Crippen LogP contribution in [-0.4, -0.2) is 52.2 Å². The van der Waals surface area contributed by atoms with Gasteiger partial charge in [-0.1, -0.05) is 29.5 Å². The number of carbonyl (C=O) groups excluding carboxylic acids is 1. The second kappa shape index (κ2) is 7.67. The summed E-state index contributed by atoms with van der Waals surface area (Å²) in [6.45, 7) is 5.18. The third kappa shape index (κ3) is 3.71. The highest BCUT2D eigenvalue weighted by molar-refractivity contribution is 7.99. The number of nitrogens with zero attached hydrogens (tertiary/aromatic N) is 4. The van der Waals surface area contributed by atoms with E-state index in [1.165, 1.54) is 17.3 Å². The van der Waals surface area contributed by atoms with Gasteiger partial charge < -0.3 is 15.0 Å². The highest BCUT2D eigenvalue weighted by Crippen LogP contribution is 2.32. The zero-order valence-electron chi connectivity index (χ0n) is 14.9. The summed E-state index contributed by atoms with van der Waals surface area (Å²) in [5.74, 6) is 1.20. The lowest BCUT2D eigenvalue weighted by Gasteiger charge is -2.15. The summed E-state index contributed by atoms with van der Waals surface area (Å²) >= 11 is 1.43. The Hall–Kier alpha value is -2.06. The van der Waals surface area contributed by atoms with Crippen LogP contribution in [0.2, 0.25) is 0 Å². The molecule has 0 saturated carbocycles. The van der Waals surface area contributed by atoms with Crippen LogP contribution in [0.25, 0.3) is 0 Å². The van der Waals surface area contributed by atoms with E-state index in [-0.39, 0.29) is 12.0 Å². The molecule has 2 aromatic rings. The summed E-state index contributed by atoms with van der Waals surface area (Å²) in [6, 6.07) is 8.40. The molecular formula is C18H23N5O2S. The standard InChI is InChI=1S/C18H23N5O2S/c1-13-4-6-14(7-5-13)22-8-9-23-17(22)20-21-18(23)26-12-16(24)19-11-15-3-2-10-25-15/h4-7,15H,2-3,8-12H2,1H3,(H,19,24)/t15-/m0/s1. The van der Waals surface area contributed by atoms with E-state index in [0.29, 0.717) is 12.3 Å². The van der Waals surface area contributed by atoms with Gasteiger partial charge in [-0.2, -0.15) is 0 Å². The number of nitrogens with one attached hydrogen (secondary N) is 1. The molecule has 2 aliphatic heterocycles. The first-order chi connectivity index (χ1) is 12.7. The molecule has 1 N–H and O–H groups in total. The van der Waals surface area contributed by atoms with E-state index in [4.69, 9.17) is 4.74 Å². The smallest absolute Gasteiger partial charge is 0.232 e. The van der Waals surface area contributed by atoms with Gasteiger partial charge in [-0.15, -0.1) is 10.2 Å². The Bertz CT molecular complexity index is 770. The number of carbonyl (C=O) groups is 1. The number of amides is 1.